The molecular formula is C13H11ClN2O3. The van der Waals surface area contributed by atoms with E-state index in [0.29, 0.717) is 6.61 Å². The summed E-state index contributed by atoms with van der Waals surface area (Å²) < 4.78 is 5.47. The van der Waals surface area contributed by atoms with Crippen LogP contribution >= 0.6 is 11.6 Å². The lowest BCUT2D eigenvalue weighted by atomic mass is 10.2. The van der Waals surface area contributed by atoms with Crippen molar-refractivity contribution in [1.29, 1.82) is 0 Å². The molecule has 0 aliphatic carbocycles. The van der Waals surface area contributed by atoms with Crippen LogP contribution in [0.2, 0.25) is 5.02 Å². The first kappa shape index (κ1) is 13.3. The van der Waals surface area contributed by atoms with Crippen molar-refractivity contribution in [1.82, 2.24) is 4.98 Å². The Kier molecular flexibility index (Phi) is 3.97. The van der Waals surface area contributed by atoms with Crippen molar-refractivity contribution in [3.8, 4) is 5.88 Å². The number of halogens is 1. The molecule has 0 N–H and O–H groups in total. The second-order valence-electron chi connectivity index (χ2n) is 3.91. The number of aryl methyl sites for hydroxylation is 1. The van der Waals surface area contributed by atoms with Crippen molar-refractivity contribution in [2.24, 2.45) is 0 Å². The fourth-order valence-corrected chi connectivity index (χ4v) is 1.76. The second kappa shape index (κ2) is 5.67. The smallest absolute Gasteiger partial charge is 0.292 e. The van der Waals surface area contributed by atoms with Gasteiger partial charge in [-0.2, -0.15) is 0 Å². The van der Waals surface area contributed by atoms with Crippen molar-refractivity contribution in [2.75, 3.05) is 0 Å². The Labute approximate surface area is 115 Å². The molecule has 0 saturated heterocycles. The van der Waals surface area contributed by atoms with Gasteiger partial charge in [0.25, 0.3) is 5.69 Å². The molecule has 19 heavy (non-hydrogen) atoms. The molecule has 1 aromatic heterocycles. The van der Waals surface area contributed by atoms with Gasteiger partial charge in [0.15, 0.2) is 0 Å². The number of hydrogen-bond donors (Lipinski definition) is 0. The topological polar surface area (TPSA) is 65.3 Å². The quantitative estimate of drug-likeness (QED) is 0.634. The highest BCUT2D eigenvalue weighted by molar-refractivity contribution is 6.32. The number of nitrogens with zero attached hydrogens (tertiary/aromatic N) is 2. The Balaban J connectivity index is 2.17. The Morgan fingerprint density at radius 3 is 2.68 bits per heavy atom. The molecular weight excluding hydrogens is 268 g/mol. The zero-order chi connectivity index (χ0) is 13.8. The van der Waals surface area contributed by atoms with E-state index in [4.69, 9.17) is 16.3 Å². The molecule has 5 nitrogen and oxygen atoms in total. The zero-order valence-corrected chi connectivity index (χ0v) is 10.9. The largest absolute Gasteiger partial charge is 0.472 e. The van der Waals surface area contributed by atoms with E-state index < -0.39 is 4.92 Å². The first-order valence-corrected chi connectivity index (χ1v) is 5.94. The van der Waals surface area contributed by atoms with Gasteiger partial charge in [0.1, 0.15) is 17.3 Å². The monoisotopic (exact) mass is 278 g/mol. The number of ether oxygens (including phenoxy) is 1. The number of hydrogen-bond acceptors (Lipinski definition) is 4. The molecule has 0 spiro atoms. The van der Waals surface area contributed by atoms with Gasteiger partial charge in [-0.25, -0.2) is 4.98 Å². The maximum atomic E-state index is 10.7. The van der Waals surface area contributed by atoms with Gasteiger partial charge in [0, 0.05) is 6.07 Å². The van der Waals surface area contributed by atoms with Crippen LogP contribution in [0.1, 0.15) is 11.3 Å². The van der Waals surface area contributed by atoms with Crippen molar-refractivity contribution < 1.29 is 9.66 Å². The van der Waals surface area contributed by atoms with Gasteiger partial charge in [-0.3, -0.25) is 10.1 Å². The van der Waals surface area contributed by atoms with Gasteiger partial charge in [0.2, 0.25) is 5.88 Å². The van der Waals surface area contributed by atoms with Gasteiger partial charge in [0.05, 0.1) is 4.92 Å². The summed E-state index contributed by atoms with van der Waals surface area (Å²) in [5.41, 5.74) is 1.13. The summed E-state index contributed by atoms with van der Waals surface area (Å²) in [6.07, 6.45) is 0. The summed E-state index contributed by atoms with van der Waals surface area (Å²) in [4.78, 5) is 14.2. The van der Waals surface area contributed by atoms with Crippen LogP contribution in [-0.2, 0) is 6.61 Å². The highest BCUT2D eigenvalue weighted by Gasteiger charge is 2.16. The van der Waals surface area contributed by atoms with E-state index in [1.807, 2.05) is 30.3 Å². The molecule has 0 bridgehead atoms. The third kappa shape index (κ3) is 3.20. The van der Waals surface area contributed by atoms with Gasteiger partial charge in [-0.15, -0.1) is 0 Å². The van der Waals surface area contributed by atoms with Crippen LogP contribution in [0.25, 0.3) is 0 Å². The van der Waals surface area contributed by atoms with Crippen LogP contribution < -0.4 is 4.74 Å². The van der Waals surface area contributed by atoms with E-state index in [2.05, 4.69) is 4.98 Å². The highest BCUT2D eigenvalue weighted by Crippen LogP contribution is 2.29. The number of rotatable bonds is 4. The van der Waals surface area contributed by atoms with E-state index in [9.17, 15) is 10.1 Å². The predicted molar refractivity (Wildman–Crippen MR) is 71.4 cm³/mol. The second-order valence-corrected chi connectivity index (χ2v) is 4.32. The average Bonchev–Trinajstić information content (AvgIpc) is 2.40. The van der Waals surface area contributed by atoms with E-state index in [0.717, 1.165) is 5.56 Å². The van der Waals surface area contributed by atoms with Crippen molar-refractivity contribution in [3.05, 3.63) is 62.8 Å². The number of benzene rings is 1. The SMILES string of the molecule is Cc1nc(OCc2ccccc2)c(Cl)cc1[N+](=O)[O-]. The standard InChI is InChI=1S/C13H11ClN2O3/c1-9-12(16(17)18)7-11(14)13(15-9)19-8-10-5-3-2-4-6-10/h2-7H,8H2,1H3. The third-order valence-corrected chi connectivity index (χ3v) is 2.79. The molecule has 0 fully saturated rings. The molecule has 0 amide bonds. The van der Waals surface area contributed by atoms with Gasteiger partial charge in [-0.05, 0) is 12.5 Å². The van der Waals surface area contributed by atoms with Crippen LogP contribution in [0.5, 0.6) is 5.88 Å². The first-order valence-electron chi connectivity index (χ1n) is 5.56. The summed E-state index contributed by atoms with van der Waals surface area (Å²) in [5.74, 6) is 0.202. The van der Waals surface area contributed by atoms with E-state index in [-0.39, 0.29) is 22.3 Å². The average molecular weight is 279 g/mol. The zero-order valence-electron chi connectivity index (χ0n) is 10.2. The Morgan fingerprint density at radius 2 is 2.05 bits per heavy atom. The van der Waals surface area contributed by atoms with Gasteiger partial charge in [-0.1, -0.05) is 41.9 Å². The van der Waals surface area contributed by atoms with Gasteiger partial charge < -0.3 is 4.74 Å². The molecule has 0 saturated carbocycles. The van der Waals surface area contributed by atoms with Crippen LogP contribution in [0, 0.1) is 17.0 Å². The number of aromatic nitrogens is 1. The van der Waals surface area contributed by atoms with Crippen molar-refractivity contribution >= 4 is 17.3 Å². The summed E-state index contributed by atoms with van der Waals surface area (Å²) in [6, 6.07) is 10.8. The molecule has 6 heteroatoms. The maximum absolute atomic E-state index is 10.7. The predicted octanol–water partition coefficient (Wildman–Crippen LogP) is 3.53. The number of nitro groups is 1. The fourth-order valence-electron chi connectivity index (χ4n) is 1.56. The van der Waals surface area contributed by atoms with Crippen LogP contribution in [0.3, 0.4) is 0 Å². The lowest BCUT2D eigenvalue weighted by molar-refractivity contribution is -0.385. The van der Waals surface area contributed by atoms with Crippen LogP contribution in [0.4, 0.5) is 5.69 Å². The van der Waals surface area contributed by atoms with E-state index in [1.54, 1.807) is 6.92 Å². The van der Waals surface area contributed by atoms with Crippen molar-refractivity contribution in [3.63, 3.8) is 0 Å². The molecule has 0 radical (unpaired) electrons. The Morgan fingerprint density at radius 1 is 1.37 bits per heavy atom. The van der Waals surface area contributed by atoms with Crippen molar-refractivity contribution in [2.45, 2.75) is 13.5 Å². The Bertz CT molecular complexity index is 602. The molecule has 0 aliphatic rings. The van der Waals surface area contributed by atoms with Crippen LogP contribution in [0.15, 0.2) is 36.4 Å². The maximum Gasteiger partial charge on any atom is 0.292 e. The lowest BCUT2D eigenvalue weighted by Gasteiger charge is -2.08. The van der Waals surface area contributed by atoms with Gasteiger partial charge >= 0.3 is 0 Å². The normalized spacial score (nSPS) is 10.2. The molecule has 0 atom stereocenters. The first-order chi connectivity index (χ1) is 9.08. The summed E-state index contributed by atoms with van der Waals surface area (Å²) in [5, 5.41) is 10.9. The fraction of sp³-hybridized carbons (Fsp3) is 0.154. The summed E-state index contributed by atoms with van der Waals surface area (Å²) in [6.45, 7) is 1.86. The van der Waals surface area contributed by atoms with E-state index >= 15 is 0 Å². The molecule has 1 aromatic carbocycles. The molecule has 1 heterocycles. The van der Waals surface area contributed by atoms with E-state index in [1.165, 1.54) is 6.07 Å². The molecule has 2 rings (SSSR count). The third-order valence-electron chi connectivity index (χ3n) is 2.52. The molecule has 0 unspecified atom stereocenters. The molecule has 0 aliphatic heterocycles. The number of pyridine rings is 1. The summed E-state index contributed by atoms with van der Waals surface area (Å²) in [7, 11) is 0. The molecule has 98 valence electrons. The minimum atomic E-state index is -0.519. The van der Waals surface area contributed by atoms with Crippen LogP contribution in [-0.4, -0.2) is 9.91 Å². The summed E-state index contributed by atoms with van der Waals surface area (Å²) >= 11 is 5.92. The minimum absolute atomic E-state index is 0.114. The highest BCUT2D eigenvalue weighted by atomic mass is 35.5. The lowest BCUT2D eigenvalue weighted by Crippen LogP contribution is -2.01. The minimum Gasteiger partial charge on any atom is -0.472 e. The molecule has 2 aromatic rings. The Hall–Kier alpha value is -2.14.